The molecule has 0 atom stereocenters. The minimum Gasteiger partial charge on any atom is -0.395 e. The number of rotatable bonds is 7. The van der Waals surface area contributed by atoms with Gasteiger partial charge in [-0.05, 0) is 12.6 Å². The van der Waals surface area contributed by atoms with Crippen molar-refractivity contribution in [3.05, 3.63) is 18.5 Å². The zero-order chi connectivity index (χ0) is 15.8. The van der Waals surface area contributed by atoms with Crippen LogP contribution in [0.4, 0.5) is 5.95 Å². The number of piperazine rings is 1. The molecule has 0 saturated carbocycles. The summed E-state index contributed by atoms with van der Waals surface area (Å²) >= 11 is 0. The van der Waals surface area contributed by atoms with Crippen molar-refractivity contribution in [3.63, 3.8) is 0 Å². The zero-order valence-electron chi connectivity index (χ0n) is 13.2. The number of anilines is 1. The van der Waals surface area contributed by atoms with E-state index in [4.69, 9.17) is 5.11 Å². The Hall–Kier alpha value is -1.73. The van der Waals surface area contributed by atoms with E-state index in [1.165, 1.54) is 0 Å². The second-order valence-electron chi connectivity index (χ2n) is 5.32. The molecule has 1 N–H and O–H groups in total. The number of nitrogens with zero attached hydrogens (tertiary/aromatic N) is 5. The van der Waals surface area contributed by atoms with Crippen LogP contribution in [0.25, 0.3) is 0 Å². The van der Waals surface area contributed by atoms with E-state index >= 15 is 0 Å². The topological polar surface area (TPSA) is 72.8 Å². The Kier molecular flexibility index (Phi) is 6.54. The summed E-state index contributed by atoms with van der Waals surface area (Å²) in [7, 11) is 0. The number of aliphatic hydroxyl groups excluding tert-OH is 1. The molecular weight excluding hydrogens is 282 g/mol. The van der Waals surface area contributed by atoms with Gasteiger partial charge in [-0.3, -0.25) is 4.79 Å². The van der Waals surface area contributed by atoms with E-state index in [1.54, 1.807) is 18.5 Å². The van der Waals surface area contributed by atoms with Crippen LogP contribution in [-0.4, -0.2) is 83.2 Å². The molecule has 7 heteroatoms. The van der Waals surface area contributed by atoms with E-state index in [0.717, 1.165) is 25.6 Å². The van der Waals surface area contributed by atoms with E-state index in [0.29, 0.717) is 32.6 Å². The van der Waals surface area contributed by atoms with Crippen LogP contribution >= 0.6 is 0 Å². The number of carbonyl (C=O) groups excluding carboxylic acids is 1. The molecule has 1 fully saturated rings. The minimum atomic E-state index is 0.137. The molecule has 1 saturated heterocycles. The summed E-state index contributed by atoms with van der Waals surface area (Å²) in [5.74, 6) is 0.916. The highest BCUT2D eigenvalue weighted by molar-refractivity contribution is 5.76. The minimum absolute atomic E-state index is 0.137. The van der Waals surface area contributed by atoms with Gasteiger partial charge in [-0.2, -0.15) is 0 Å². The first-order valence-corrected chi connectivity index (χ1v) is 7.87. The molecule has 0 bridgehead atoms. The summed E-state index contributed by atoms with van der Waals surface area (Å²) in [5, 5.41) is 8.96. The lowest BCUT2D eigenvalue weighted by Gasteiger charge is -2.35. The summed E-state index contributed by atoms with van der Waals surface area (Å²) in [6.45, 7) is 7.32. The Morgan fingerprint density at radius 3 is 2.50 bits per heavy atom. The van der Waals surface area contributed by atoms with Crippen LogP contribution in [0.2, 0.25) is 0 Å². The third kappa shape index (κ3) is 4.64. The maximum Gasteiger partial charge on any atom is 0.225 e. The number of hydrogen-bond donors (Lipinski definition) is 1. The van der Waals surface area contributed by atoms with E-state index in [-0.39, 0.29) is 12.5 Å². The molecule has 0 radical (unpaired) electrons. The third-order valence-electron chi connectivity index (χ3n) is 3.97. The van der Waals surface area contributed by atoms with Crippen LogP contribution < -0.4 is 4.90 Å². The van der Waals surface area contributed by atoms with Crippen molar-refractivity contribution in [3.8, 4) is 0 Å². The van der Waals surface area contributed by atoms with Crippen LogP contribution in [0, 0.1) is 0 Å². The third-order valence-corrected chi connectivity index (χ3v) is 3.97. The monoisotopic (exact) mass is 307 g/mol. The fourth-order valence-corrected chi connectivity index (χ4v) is 2.59. The van der Waals surface area contributed by atoms with Gasteiger partial charge in [0, 0.05) is 58.1 Å². The van der Waals surface area contributed by atoms with Crippen molar-refractivity contribution in [2.75, 3.05) is 57.3 Å². The Balaban J connectivity index is 1.75. The number of hydrogen-bond acceptors (Lipinski definition) is 6. The van der Waals surface area contributed by atoms with Gasteiger partial charge in [0.2, 0.25) is 11.9 Å². The van der Waals surface area contributed by atoms with Crippen LogP contribution in [0.15, 0.2) is 18.5 Å². The van der Waals surface area contributed by atoms with Crippen molar-refractivity contribution >= 4 is 11.9 Å². The van der Waals surface area contributed by atoms with E-state index in [2.05, 4.69) is 19.8 Å². The first-order valence-electron chi connectivity index (χ1n) is 7.87. The number of likely N-dealkylation sites (N-methyl/N-ethyl adjacent to an activating group) is 1. The quantitative estimate of drug-likeness (QED) is 0.754. The molecule has 122 valence electrons. The van der Waals surface area contributed by atoms with Gasteiger partial charge in [0.05, 0.1) is 6.61 Å². The summed E-state index contributed by atoms with van der Waals surface area (Å²) in [4.78, 5) is 26.8. The molecule has 0 aromatic carbocycles. The lowest BCUT2D eigenvalue weighted by molar-refractivity contribution is -0.131. The molecule has 0 aliphatic carbocycles. The summed E-state index contributed by atoms with van der Waals surface area (Å²) in [5.41, 5.74) is 0. The number of aromatic nitrogens is 2. The van der Waals surface area contributed by atoms with Gasteiger partial charge in [0.25, 0.3) is 0 Å². The molecule has 0 spiro atoms. The van der Waals surface area contributed by atoms with Gasteiger partial charge in [-0.25, -0.2) is 9.97 Å². The van der Waals surface area contributed by atoms with E-state index in [1.807, 2.05) is 11.8 Å². The fourth-order valence-electron chi connectivity index (χ4n) is 2.59. The molecule has 1 amide bonds. The number of aliphatic hydroxyl groups is 1. The van der Waals surface area contributed by atoms with Crippen molar-refractivity contribution < 1.29 is 9.90 Å². The van der Waals surface area contributed by atoms with Crippen LogP contribution in [0.1, 0.15) is 13.3 Å². The largest absolute Gasteiger partial charge is 0.395 e. The first kappa shape index (κ1) is 16.6. The summed E-state index contributed by atoms with van der Waals surface area (Å²) in [6.07, 6.45) is 3.98. The maximum absolute atomic E-state index is 12.3. The highest BCUT2D eigenvalue weighted by Crippen LogP contribution is 2.10. The SMILES string of the molecule is CCN(CCO)CCC(=O)N1CCN(c2ncccn2)CC1. The van der Waals surface area contributed by atoms with Gasteiger partial charge in [-0.1, -0.05) is 6.92 Å². The molecule has 0 unspecified atom stereocenters. The maximum atomic E-state index is 12.3. The van der Waals surface area contributed by atoms with Crippen molar-refractivity contribution in [1.82, 2.24) is 19.8 Å². The van der Waals surface area contributed by atoms with Gasteiger partial charge in [-0.15, -0.1) is 0 Å². The zero-order valence-corrected chi connectivity index (χ0v) is 13.2. The summed E-state index contributed by atoms with van der Waals surface area (Å²) < 4.78 is 0. The number of carbonyl (C=O) groups is 1. The second-order valence-corrected chi connectivity index (χ2v) is 5.32. The average Bonchev–Trinajstić information content (AvgIpc) is 2.59. The van der Waals surface area contributed by atoms with E-state index < -0.39 is 0 Å². The molecule has 7 nitrogen and oxygen atoms in total. The lowest BCUT2D eigenvalue weighted by Crippen LogP contribution is -2.49. The molecule has 2 heterocycles. The highest BCUT2D eigenvalue weighted by Gasteiger charge is 2.22. The molecule has 1 aromatic heterocycles. The molecule has 1 aromatic rings. The standard InChI is InChI=1S/C15H25N5O2/c1-2-18(12-13-21)7-4-14(22)19-8-10-20(11-9-19)15-16-5-3-6-17-15/h3,5-6,21H,2,4,7-13H2,1H3. The van der Waals surface area contributed by atoms with Crippen molar-refractivity contribution in [1.29, 1.82) is 0 Å². The van der Waals surface area contributed by atoms with Crippen LogP contribution in [0.5, 0.6) is 0 Å². The van der Waals surface area contributed by atoms with Crippen molar-refractivity contribution in [2.45, 2.75) is 13.3 Å². The molecule has 22 heavy (non-hydrogen) atoms. The van der Waals surface area contributed by atoms with Gasteiger partial charge in [0.15, 0.2) is 0 Å². The Morgan fingerprint density at radius 2 is 1.91 bits per heavy atom. The lowest BCUT2D eigenvalue weighted by atomic mass is 10.2. The molecule has 2 rings (SSSR count). The predicted octanol–water partition coefficient (Wildman–Crippen LogP) is -0.170. The second kappa shape index (κ2) is 8.65. The molecule has 1 aliphatic rings. The van der Waals surface area contributed by atoms with Crippen molar-refractivity contribution in [2.24, 2.45) is 0 Å². The molecule has 1 aliphatic heterocycles. The fraction of sp³-hybridized carbons (Fsp3) is 0.667. The van der Waals surface area contributed by atoms with Gasteiger partial charge in [0.1, 0.15) is 0 Å². The van der Waals surface area contributed by atoms with Gasteiger partial charge >= 0.3 is 0 Å². The molecular formula is C15H25N5O2. The van der Waals surface area contributed by atoms with Crippen LogP contribution in [0.3, 0.4) is 0 Å². The first-order chi connectivity index (χ1) is 10.7. The van der Waals surface area contributed by atoms with Gasteiger partial charge < -0.3 is 19.8 Å². The number of amides is 1. The highest BCUT2D eigenvalue weighted by atomic mass is 16.3. The Bertz CT molecular complexity index is 449. The van der Waals surface area contributed by atoms with Crippen LogP contribution in [-0.2, 0) is 4.79 Å². The Labute approximate surface area is 131 Å². The average molecular weight is 307 g/mol. The smallest absolute Gasteiger partial charge is 0.225 e. The summed E-state index contributed by atoms with van der Waals surface area (Å²) in [6, 6.07) is 1.80. The predicted molar refractivity (Wildman–Crippen MR) is 84.6 cm³/mol. The normalized spacial score (nSPS) is 15.4. The van der Waals surface area contributed by atoms with E-state index in [9.17, 15) is 4.79 Å². The Morgan fingerprint density at radius 1 is 1.23 bits per heavy atom.